The largest absolute Gasteiger partial charge is 0.481 e. The van der Waals surface area contributed by atoms with Crippen molar-refractivity contribution in [3.63, 3.8) is 0 Å². The molecule has 0 spiro atoms. The molecular formula is C18H19N3O3S. The summed E-state index contributed by atoms with van der Waals surface area (Å²) in [6.45, 7) is 1.79. The minimum absolute atomic E-state index is 0.0142. The van der Waals surface area contributed by atoms with Crippen LogP contribution in [0, 0.1) is 6.92 Å². The fourth-order valence-electron chi connectivity index (χ4n) is 2.52. The Morgan fingerprint density at radius 2 is 1.96 bits per heavy atom. The highest BCUT2D eigenvalue weighted by atomic mass is 32.1. The lowest BCUT2D eigenvalue weighted by Gasteiger charge is -2.13. The molecule has 130 valence electrons. The number of aliphatic carboxylic acids is 1. The van der Waals surface area contributed by atoms with E-state index in [4.69, 9.17) is 28.8 Å². The summed E-state index contributed by atoms with van der Waals surface area (Å²) in [5.74, 6) is -1.10. The number of hydrogen-bond acceptors (Lipinski definition) is 4. The number of ketones is 1. The highest BCUT2D eigenvalue weighted by molar-refractivity contribution is 7.80. The number of nitrogen functional groups attached to an aromatic ring is 1. The second kappa shape index (κ2) is 7.76. The van der Waals surface area contributed by atoms with Crippen molar-refractivity contribution in [3.05, 3.63) is 58.7 Å². The van der Waals surface area contributed by atoms with Gasteiger partial charge in [0, 0.05) is 28.9 Å². The van der Waals surface area contributed by atoms with Gasteiger partial charge in [0.2, 0.25) is 0 Å². The molecule has 0 aromatic heterocycles. The van der Waals surface area contributed by atoms with Gasteiger partial charge in [-0.05, 0) is 54.9 Å². The normalized spacial score (nSPS) is 10.3. The van der Waals surface area contributed by atoms with Gasteiger partial charge < -0.3 is 21.9 Å². The third-order valence-electron chi connectivity index (χ3n) is 3.87. The Bertz CT molecular complexity index is 849. The standard InChI is InChI=1S/C18H19N3O3S/c1-10-11(6-8-15(22)23)5-7-14(16(10)19)17(24)12-3-2-4-13(9-12)21-18(20)25/h2-5,7,9H,6,8,19H2,1H3,(H,22,23)(H3,20,21,25). The van der Waals surface area contributed by atoms with E-state index in [0.717, 1.165) is 11.1 Å². The number of carboxylic acid groups (broad SMARTS) is 1. The van der Waals surface area contributed by atoms with Crippen LogP contribution in [-0.4, -0.2) is 22.0 Å². The number of nitrogens with one attached hydrogen (secondary N) is 1. The van der Waals surface area contributed by atoms with Crippen molar-refractivity contribution >= 4 is 40.5 Å². The van der Waals surface area contributed by atoms with Crippen molar-refractivity contribution in [2.24, 2.45) is 5.73 Å². The maximum Gasteiger partial charge on any atom is 0.303 e. The quantitative estimate of drug-likeness (QED) is 0.356. The summed E-state index contributed by atoms with van der Waals surface area (Å²) in [4.78, 5) is 23.5. The highest BCUT2D eigenvalue weighted by Gasteiger charge is 2.16. The number of hydrogen-bond donors (Lipinski definition) is 4. The highest BCUT2D eigenvalue weighted by Crippen LogP contribution is 2.25. The number of anilines is 2. The molecule has 0 heterocycles. The van der Waals surface area contributed by atoms with Gasteiger partial charge in [0.1, 0.15) is 0 Å². The summed E-state index contributed by atoms with van der Waals surface area (Å²) in [6, 6.07) is 10.2. The molecule has 0 fully saturated rings. The van der Waals surface area contributed by atoms with E-state index in [9.17, 15) is 9.59 Å². The van der Waals surface area contributed by atoms with E-state index in [1.54, 1.807) is 43.3 Å². The smallest absolute Gasteiger partial charge is 0.303 e. The molecule has 0 aliphatic heterocycles. The van der Waals surface area contributed by atoms with Gasteiger partial charge >= 0.3 is 5.97 Å². The van der Waals surface area contributed by atoms with Crippen LogP contribution in [-0.2, 0) is 11.2 Å². The predicted octanol–water partition coefficient (Wildman–Crippen LogP) is 2.48. The van der Waals surface area contributed by atoms with Crippen LogP contribution in [0.3, 0.4) is 0 Å². The van der Waals surface area contributed by atoms with E-state index in [2.05, 4.69) is 5.32 Å². The molecule has 0 amide bonds. The van der Waals surface area contributed by atoms with Gasteiger partial charge in [-0.1, -0.05) is 18.2 Å². The van der Waals surface area contributed by atoms with Gasteiger partial charge in [0.25, 0.3) is 0 Å². The average Bonchev–Trinajstić information content (AvgIpc) is 2.55. The molecule has 6 nitrogen and oxygen atoms in total. The second-order valence-electron chi connectivity index (χ2n) is 5.60. The molecule has 2 rings (SSSR count). The van der Waals surface area contributed by atoms with Gasteiger partial charge in [-0.15, -0.1) is 0 Å². The van der Waals surface area contributed by atoms with Crippen molar-refractivity contribution in [1.82, 2.24) is 0 Å². The molecule has 2 aromatic rings. The Labute approximate surface area is 150 Å². The first-order chi connectivity index (χ1) is 11.8. The maximum absolute atomic E-state index is 12.8. The number of aryl methyl sites for hydroxylation is 1. The van der Waals surface area contributed by atoms with Crippen LogP contribution < -0.4 is 16.8 Å². The van der Waals surface area contributed by atoms with Crippen LogP contribution in [0.2, 0.25) is 0 Å². The fourth-order valence-corrected chi connectivity index (χ4v) is 2.64. The molecule has 25 heavy (non-hydrogen) atoms. The molecule has 0 atom stereocenters. The van der Waals surface area contributed by atoms with E-state index in [-0.39, 0.29) is 17.3 Å². The minimum atomic E-state index is -0.875. The molecule has 0 saturated carbocycles. The van der Waals surface area contributed by atoms with Crippen molar-refractivity contribution in [3.8, 4) is 0 Å². The van der Waals surface area contributed by atoms with Crippen LogP contribution in [0.1, 0.15) is 33.5 Å². The van der Waals surface area contributed by atoms with E-state index in [1.807, 2.05) is 0 Å². The van der Waals surface area contributed by atoms with Crippen LogP contribution in [0.25, 0.3) is 0 Å². The molecular weight excluding hydrogens is 338 g/mol. The first kappa shape index (κ1) is 18.4. The molecule has 2 aromatic carbocycles. The third kappa shape index (κ3) is 4.54. The number of carboxylic acids is 1. The summed E-state index contributed by atoms with van der Waals surface area (Å²) in [7, 11) is 0. The lowest BCUT2D eigenvalue weighted by atomic mass is 9.94. The summed E-state index contributed by atoms with van der Waals surface area (Å²) < 4.78 is 0. The van der Waals surface area contributed by atoms with Gasteiger partial charge in [-0.3, -0.25) is 9.59 Å². The predicted molar refractivity (Wildman–Crippen MR) is 102 cm³/mol. The van der Waals surface area contributed by atoms with Crippen molar-refractivity contribution in [1.29, 1.82) is 0 Å². The first-order valence-corrected chi connectivity index (χ1v) is 8.01. The molecule has 0 aliphatic rings. The van der Waals surface area contributed by atoms with Gasteiger partial charge in [0.05, 0.1) is 0 Å². The Kier molecular flexibility index (Phi) is 5.71. The van der Waals surface area contributed by atoms with Gasteiger partial charge in [-0.25, -0.2) is 0 Å². The Balaban J connectivity index is 2.32. The Hall–Kier alpha value is -2.93. The second-order valence-corrected chi connectivity index (χ2v) is 6.04. The van der Waals surface area contributed by atoms with Gasteiger partial charge in [0.15, 0.2) is 10.9 Å². The average molecular weight is 357 g/mol. The van der Waals surface area contributed by atoms with Gasteiger partial charge in [-0.2, -0.15) is 0 Å². The first-order valence-electron chi connectivity index (χ1n) is 7.60. The number of nitrogens with two attached hydrogens (primary N) is 2. The summed E-state index contributed by atoms with van der Waals surface area (Å²) in [5, 5.41) is 11.7. The Morgan fingerprint density at radius 1 is 1.24 bits per heavy atom. The van der Waals surface area contributed by atoms with Crippen LogP contribution in [0.4, 0.5) is 11.4 Å². The summed E-state index contributed by atoms with van der Waals surface area (Å²) in [6.07, 6.45) is 0.382. The number of rotatable bonds is 6. The van der Waals surface area contributed by atoms with E-state index in [1.165, 1.54) is 0 Å². The van der Waals surface area contributed by atoms with Crippen molar-refractivity contribution in [2.75, 3.05) is 11.1 Å². The molecule has 7 heteroatoms. The van der Waals surface area contributed by atoms with Crippen LogP contribution >= 0.6 is 12.2 Å². The van der Waals surface area contributed by atoms with Crippen LogP contribution in [0.15, 0.2) is 36.4 Å². The molecule has 0 aliphatic carbocycles. The zero-order valence-corrected chi connectivity index (χ0v) is 14.5. The topological polar surface area (TPSA) is 118 Å². The van der Waals surface area contributed by atoms with E-state index >= 15 is 0 Å². The monoisotopic (exact) mass is 357 g/mol. The Morgan fingerprint density at radius 3 is 2.60 bits per heavy atom. The number of carbonyl (C=O) groups excluding carboxylic acids is 1. The molecule has 0 radical (unpaired) electrons. The van der Waals surface area contributed by atoms with E-state index < -0.39 is 5.97 Å². The van der Waals surface area contributed by atoms with Crippen molar-refractivity contribution < 1.29 is 14.7 Å². The van der Waals surface area contributed by atoms with Crippen molar-refractivity contribution in [2.45, 2.75) is 19.8 Å². The number of benzene rings is 2. The minimum Gasteiger partial charge on any atom is -0.481 e. The molecule has 6 N–H and O–H groups in total. The third-order valence-corrected chi connectivity index (χ3v) is 3.97. The fraction of sp³-hybridized carbons (Fsp3) is 0.167. The molecule has 0 saturated heterocycles. The SMILES string of the molecule is Cc1c(CCC(=O)O)ccc(C(=O)c2cccc(NC(N)=S)c2)c1N. The number of thiocarbonyl (C=S) groups is 1. The zero-order chi connectivity index (χ0) is 18.6. The lowest BCUT2D eigenvalue weighted by molar-refractivity contribution is -0.136. The van der Waals surface area contributed by atoms with Crippen LogP contribution in [0.5, 0.6) is 0 Å². The lowest BCUT2D eigenvalue weighted by Crippen LogP contribution is -2.19. The molecule has 0 unspecified atom stereocenters. The maximum atomic E-state index is 12.8. The molecule has 0 bridgehead atoms. The van der Waals surface area contributed by atoms with E-state index in [0.29, 0.717) is 28.9 Å². The summed E-state index contributed by atoms with van der Waals surface area (Å²) in [5.41, 5.74) is 14.9. The zero-order valence-electron chi connectivity index (χ0n) is 13.7. The summed E-state index contributed by atoms with van der Waals surface area (Å²) >= 11 is 4.80. The number of carbonyl (C=O) groups is 2.